The van der Waals surface area contributed by atoms with Gasteiger partial charge in [0.15, 0.2) is 0 Å². The highest BCUT2D eigenvalue weighted by Crippen LogP contribution is 2.34. The van der Waals surface area contributed by atoms with E-state index in [1.807, 2.05) is 0 Å². The zero-order valence-corrected chi connectivity index (χ0v) is 5.71. The summed E-state index contributed by atoms with van der Waals surface area (Å²) in [6.45, 7) is 0. The molecule has 0 spiro atoms. The molecule has 56 valence electrons. The fourth-order valence-corrected chi connectivity index (χ4v) is 2.13. The second-order valence-electron chi connectivity index (χ2n) is 3.25. The van der Waals surface area contributed by atoms with Gasteiger partial charge in [0, 0.05) is 6.04 Å². The summed E-state index contributed by atoms with van der Waals surface area (Å²) in [6, 6.07) is 0.268. The van der Waals surface area contributed by atoms with Crippen LogP contribution in [-0.2, 0) is 4.79 Å². The van der Waals surface area contributed by atoms with Crippen molar-refractivity contribution in [3.05, 3.63) is 0 Å². The lowest BCUT2D eigenvalue weighted by atomic mass is 10.0. The summed E-state index contributed by atoms with van der Waals surface area (Å²) in [6.07, 6.45) is 3.36. The average Bonchev–Trinajstić information content (AvgIpc) is 2.44. The van der Waals surface area contributed by atoms with Crippen LogP contribution >= 0.6 is 0 Å². The minimum atomic E-state index is -0.674. The van der Waals surface area contributed by atoms with Gasteiger partial charge < -0.3 is 10.4 Å². The topological polar surface area (TPSA) is 49.3 Å². The molecular formula is C7H11NO2. The Balaban J connectivity index is 2.08. The van der Waals surface area contributed by atoms with Crippen LogP contribution in [0.4, 0.5) is 0 Å². The highest BCUT2D eigenvalue weighted by Gasteiger charge is 2.42. The Morgan fingerprint density at radius 1 is 1.50 bits per heavy atom. The highest BCUT2D eigenvalue weighted by molar-refractivity contribution is 5.74. The lowest BCUT2D eigenvalue weighted by Gasteiger charge is -2.18. The van der Waals surface area contributed by atoms with E-state index in [0.717, 1.165) is 12.8 Å². The molecule has 2 rings (SSSR count). The first kappa shape index (κ1) is 6.16. The van der Waals surface area contributed by atoms with E-state index in [4.69, 9.17) is 5.11 Å². The summed E-state index contributed by atoms with van der Waals surface area (Å²) in [5.74, 6) is -0.255. The number of rotatable bonds is 1. The number of hydrogen-bond acceptors (Lipinski definition) is 2. The Morgan fingerprint density at radius 3 is 2.60 bits per heavy atom. The van der Waals surface area contributed by atoms with E-state index in [-0.39, 0.29) is 6.04 Å². The van der Waals surface area contributed by atoms with Gasteiger partial charge in [-0.15, -0.1) is 0 Å². The predicted octanol–water partition coefficient (Wildman–Crippen LogP) is 0.211. The SMILES string of the molecule is O=C(O)[C@H]1NC2CC[C@H]1C2. The third-order valence-electron chi connectivity index (χ3n) is 2.63. The second-order valence-corrected chi connectivity index (χ2v) is 3.25. The van der Waals surface area contributed by atoms with Gasteiger partial charge >= 0.3 is 5.97 Å². The highest BCUT2D eigenvalue weighted by atomic mass is 16.4. The molecule has 2 fully saturated rings. The van der Waals surface area contributed by atoms with Crippen molar-refractivity contribution < 1.29 is 9.90 Å². The van der Waals surface area contributed by atoms with Gasteiger partial charge in [0.2, 0.25) is 0 Å². The maximum Gasteiger partial charge on any atom is 0.320 e. The number of piperidine rings is 1. The zero-order valence-electron chi connectivity index (χ0n) is 5.71. The molecule has 1 heterocycles. The summed E-state index contributed by atoms with van der Waals surface area (Å²) in [5.41, 5.74) is 0. The fraction of sp³-hybridized carbons (Fsp3) is 0.857. The van der Waals surface area contributed by atoms with Crippen LogP contribution in [0, 0.1) is 5.92 Å². The molecule has 1 aliphatic carbocycles. The fourth-order valence-electron chi connectivity index (χ4n) is 2.13. The second kappa shape index (κ2) is 1.95. The lowest BCUT2D eigenvalue weighted by molar-refractivity contribution is -0.140. The Labute approximate surface area is 59.4 Å². The minimum absolute atomic E-state index is 0.237. The smallest absolute Gasteiger partial charge is 0.320 e. The van der Waals surface area contributed by atoms with E-state index in [2.05, 4.69) is 5.32 Å². The number of carboxylic acid groups (broad SMARTS) is 1. The van der Waals surface area contributed by atoms with Crippen LogP contribution in [0.1, 0.15) is 19.3 Å². The molecule has 2 N–H and O–H groups in total. The van der Waals surface area contributed by atoms with Crippen LogP contribution in [0.25, 0.3) is 0 Å². The number of aliphatic carboxylic acids is 1. The van der Waals surface area contributed by atoms with Crippen molar-refractivity contribution in [1.82, 2.24) is 5.32 Å². The normalized spacial score (nSPS) is 44.2. The summed E-state index contributed by atoms with van der Waals surface area (Å²) in [4.78, 5) is 10.5. The Morgan fingerprint density at radius 2 is 2.30 bits per heavy atom. The van der Waals surface area contributed by atoms with Crippen molar-refractivity contribution in [2.24, 2.45) is 5.92 Å². The molecule has 1 aliphatic heterocycles. The summed E-state index contributed by atoms with van der Waals surface area (Å²) >= 11 is 0. The third kappa shape index (κ3) is 0.736. The lowest BCUT2D eigenvalue weighted by Crippen LogP contribution is -2.41. The van der Waals surface area contributed by atoms with Gasteiger partial charge in [0.05, 0.1) is 0 Å². The molecule has 0 aromatic carbocycles. The van der Waals surface area contributed by atoms with E-state index in [1.54, 1.807) is 0 Å². The zero-order chi connectivity index (χ0) is 7.14. The van der Waals surface area contributed by atoms with Crippen molar-refractivity contribution in [1.29, 1.82) is 0 Å². The summed E-state index contributed by atoms with van der Waals surface area (Å²) < 4.78 is 0. The van der Waals surface area contributed by atoms with Crippen LogP contribution in [0.5, 0.6) is 0 Å². The van der Waals surface area contributed by atoms with Gasteiger partial charge in [0.25, 0.3) is 0 Å². The first-order valence-electron chi connectivity index (χ1n) is 3.76. The van der Waals surface area contributed by atoms with Gasteiger partial charge in [-0.25, -0.2) is 0 Å². The number of hydrogen-bond donors (Lipinski definition) is 2. The van der Waals surface area contributed by atoms with Gasteiger partial charge in [0.1, 0.15) is 6.04 Å². The van der Waals surface area contributed by atoms with Crippen LogP contribution in [0.3, 0.4) is 0 Å². The molecule has 1 saturated heterocycles. The molecule has 1 unspecified atom stereocenters. The van der Waals surface area contributed by atoms with Crippen LogP contribution in [0.15, 0.2) is 0 Å². The molecular weight excluding hydrogens is 130 g/mol. The molecule has 1 saturated carbocycles. The van der Waals surface area contributed by atoms with E-state index < -0.39 is 5.97 Å². The van der Waals surface area contributed by atoms with E-state index >= 15 is 0 Å². The Kier molecular flexibility index (Phi) is 1.20. The molecule has 0 aromatic rings. The van der Waals surface area contributed by atoms with Crippen LogP contribution in [-0.4, -0.2) is 23.2 Å². The van der Waals surface area contributed by atoms with Crippen LogP contribution in [0.2, 0.25) is 0 Å². The van der Waals surface area contributed by atoms with Crippen molar-refractivity contribution in [3.8, 4) is 0 Å². The maximum atomic E-state index is 10.5. The molecule has 0 aromatic heterocycles. The maximum absolute atomic E-state index is 10.5. The van der Waals surface area contributed by atoms with Crippen LogP contribution < -0.4 is 5.32 Å². The molecule has 0 amide bonds. The van der Waals surface area contributed by atoms with Crippen molar-refractivity contribution in [3.63, 3.8) is 0 Å². The Hall–Kier alpha value is -0.570. The number of carboxylic acids is 1. The Bertz CT molecular complexity index is 169. The largest absolute Gasteiger partial charge is 0.480 e. The van der Waals surface area contributed by atoms with E-state index in [1.165, 1.54) is 6.42 Å². The summed E-state index contributed by atoms with van der Waals surface area (Å²) in [7, 11) is 0. The third-order valence-corrected chi connectivity index (χ3v) is 2.63. The first-order valence-corrected chi connectivity index (χ1v) is 3.76. The van der Waals surface area contributed by atoms with Gasteiger partial charge in [-0.1, -0.05) is 0 Å². The standard InChI is InChI=1S/C7H11NO2/c9-7(10)6-4-1-2-5(3-4)8-6/h4-6,8H,1-3H2,(H,9,10)/t4-,5?,6-/m0/s1. The number of nitrogens with one attached hydrogen (secondary N) is 1. The first-order chi connectivity index (χ1) is 4.77. The number of fused-ring (bicyclic) bond motifs is 2. The molecule has 2 aliphatic rings. The molecule has 3 heteroatoms. The van der Waals surface area contributed by atoms with E-state index in [0.29, 0.717) is 12.0 Å². The van der Waals surface area contributed by atoms with E-state index in [9.17, 15) is 4.79 Å². The number of carbonyl (C=O) groups is 1. The van der Waals surface area contributed by atoms with Crippen molar-refractivity contribution >= 4 is 5.97 Å². The molecule has 0 radical (unpaired) electrons. The predicted molar refractivity (Wildman–Crippen MR) is 35.7 cm³/mol. The van der Waals surface area contributed by atoms with Crippen molar-refractivity contribution in [2.75, 3.05) is 0 Å². The average molecular weight is 141 g/mol. The van der Waals surface area contributed by atoms with Crippen molar-refractivity contribution in [2.45, 2.75) is 31.3 Å². The summed E-state index contributed by atoms with van der Waals surface area (Å²) in [5, 5.41) is 11.8. The molecule has 2 bridgehead atoms. The molecule has 10 heavy (non-hydrogen) atoms. The molecule has 3 atom stereocenters. The van der Waals surface area contributed by atoms with Gasteiger partial charge in [-0.05, 0) is 25.2 Å². The van der Waals surface area contributed by atoms with Gasteiger partial charge in [-0.3, -0.25) is 4.79 Å². The molecule has 3 nitrogen and oxygen atoms in total. The monoisotopic (exact) mass is 141 g/mol. The minimum Gasteiger partial charge on any atom is -0.480 e. The van der Waals surface area contributed by atoms with Gasteiger partial charge in [-0.2, -0.15) is 0 Å². The quantitative estimate of drug-likeness (QED) is 0.549.